The summed E-state index contributed by atoms with van der Waals surface area (Å²) in [5, 5.41) is 0. The number of hydrogen-bond acceptors (Lipinski definition) is 4. The minimum Gasteiger partial charge on any atom is -0.458 e. The average Bonchev–Trinajstić information content (AvgIpc) is 2.94. The summed E-state index contributed by atoms with van der Waals surface area (Å²) >= 11 is 0. The molecule has 1 saturated heterocycles. The molecule has 0 spiro atoms. The predicted octanol–water partition coefficient (Wildman–Crippen LogP) is 3.57. The van der Waals surface area contributed by atoms with Crippen LogP contribution in [0.15, 0.2) is 24.3 Å². The fraction of sp³-hybridized carbons (Fsp3) is 0.571. The molecule has 26 heavy (non-hydrogen) atoms. The molecule has 2 amide bonds. The standard InChI is InChI=1S/C21H25NO4/c1-12-16-10-14(21(16,2)3)11-17(12)26-20(25)13-5-4-6-15(9-13)22-18(23)7-8-19(22)24/h4-6,9,12,14,16-17H,7-8,10-11H2,1-3H3/t12-,14+,16+,17-/m0/s1. The summed E-state index contributed by atoms with van der Waals surface area (Å²) < 4.78 is 5.83. The number of imide groups is 1. The lowest BCUT2D eigenvalue weighted by molar-refractivity contribution is -0.156. The van der Waals surface area contributed by atoms with Gasteiger partial charge in [-0.15, -0.1) is 0 Å². The van der Waals surface area contributed by atoms with Crippen LogP contribution < -0.4 is 4.90 Å². The van der Waals surface area contributed by atoms with Crippen molar-refractivity contribution in [3.05, 3.63) is 29.8 Å². The van der Waals surface area contributed by atoms with Gasteiger partial charge in [-0.05, 0) is 54.2 Å². The zero-order chi connectivity index (χ0) is 18.6. The first-order valence-corrected chi connectivity index (χ1v) is 9.46. The highest BCUT2D eigenvalue weighted by Gasteiger charge is 2.57. The van der Waals surface area contributed by atoms with E-state index in [1.54, 1.807) is 24.3 Å². The van der Waals surface area contributed by atoms with Gasteiger partial charge in [0.05, 0.1) is 11.3 Å². The number of benzene rings is 1. The molecule has 1 aromatic rings. The molecule has 0 aromatic heterocycles. The van der Waals surface area contributed by atoms with Crippen molar-refractivity contribution >= 4 is 23.5 Å². The Bertz CT molecular complexity index is 768. The molecule has 1 aromatic carbocycles. The summed E-state index contributed by atoms with van der Waals surface area (Å²) in [6.07, 6.45) is 2.55. The van der Waals surface area contributed by atoms with Crippen LogP contribution in [0.5, 0.6) is 0 Å². The van der Waals surface area contributed by atoms with E-state index in [-0.39, 0.29) is 36.7 Å². The van der Waals surface area contributed by atoms with Gasteiger partial charge in [0, 0.05) is 12.8 Å². The molecule has 5 heteroatoms. The molecule has 0 radical (unpaired) electrons. The SMILES string of the molecule is C[C@@H]1[C@@H](OC(=O)c2cccc(N3C(=O)CCC3=O)c2)C[C@H]2C[C@H]1C2(C)C. The van der Waals surface area contributed by atoms with E-state index in [1.165, 1.54) is 6.42 Å². The molecule has 4 aliphatic rings. The van der Waals surface area contributed by atoms with E-state index in [0.29, 0.717) is 34.4 Å². The second-order valence-corrected chi connectivity index (χ2v) is 8.57. The van der Waals surface area contributed by atoms with Gasteiger partial charge in [0.1, 0.15) is 6.10 Å². The number of fused-ring (bicyclic) bond motifs is 2. The van der Waals surface area contributed by atoms with Gasteiger partial charge < -0.3 is 4.74 Å². The molecule has 1 heterocycles. The van der Waals surface area contributed by atoms with Crippen molar-refractivity contribution in [2.75, 3.05) is 4.90 Å². The number of hydrogen-bond donors (Lipinski definition) is 0. The lowest BCUT2D eigenvalue weighted by atomic mass is 9.45. The molecule has 1 aliphatic heterocycles. The van der Waals surface area contributed by atoms with Gasteiger partial charge >= 0.3 is 5.97 Å². The van der Waals surface area contributed by atoms with Gasteiger partial charge in [0.2, 0.25) is 11.8 Å². The Morgan fingerprint density at radius 3 is 2.46 bits per heavy atom. The number of carbonyl (C=O) groups is 3. The van der Waals surface area contributed by atoms with Crippen LogP contribution in [0.4, 0.5) is 5.69 Å². The highest BCUT2D eigenvalue weighted by atomic mass is 16.5. The third-order valence-corrected chi connectivity index (χ3v) is 6.93. The Labute approximate surface area is 153 Å². The first kappa shape index (κ1) is 17.3. The largest absolute Gasteiger partial charge is 0.458 e. The van der Waals surface area contributed by atoms with Crippen LogP contribution in [-0.2, 0) is 14.3 Å². The highest BCUT2D eigenvalue weighted by molar-refractivity contribution is 6.20. The zero-order valence-corrected chi connectivity index (χ0v) is 15.5. The van der Waals surface area contributed by atoms with E-state index < -0.39 is 0 Å². The molecular formula is C21H25NO4. The lowest BCUT2D eigenvalue weighted by Crippen LogP contribution is -2.57. The molecule has 2 bridgehead atoms. The average molecular weight is 355 g/mol. The topological polar surface area (TPSA) is 63.7 Å². The van der Waals surface area contributed by atoms with Crippen molar-refractivity contribution in [1.82, 2.24) is 0 Å². The fourth-order valence-electron chi connectivity index (χ4n) is 5.10. The number of carbonyl (C=O) groups excluding carboxylic acids is 3. The fourth-order valence-corrected chi connectivity index (χ4v) is 5.10. The van der Waals surface area contributed by atoms with E-state index in [2.05, 4.69) is 20.8 Å². The molecule has 3 aliphatic carbocycles. The summed E-state index contributed by atoms with van der Waals surface area (Å²) in [4.78, 5) is 37.7. The quantitative estimate of drug-likeness (QED) is 0.614. The second-order valence-electron chi connectivity index (χ2n) is 8.57. The van der Waals surface area contributed by atoms with E-state index in [4.69, 9.17) is 4.74 Å². The zero-order valence-electron chi connectivity index (χ0n) is 15.5. The van der Waals surface area contributed by atoms with Crippen LogP contribution in [0.2, 0.25) is 0 Å². The number of ether oxygens (including phenoxy) is 1. The molecule has 0 unspecified atom stereocenters. The number of amides is 2. The third-order valence-electron chi connectivity index (χ3n) is 6.93. The predicted molar refractivity (Wildman–Crippen MR) is 96.5 cm³/mol. The summed E-state index contributed by atoms with van der Waals surface area (Å²) in [6.45, 7) is 6.81. The highest BCUT2D eigenvalue weighted by Crippen LogP contribution is 2.61. The molecule has 4 fully saturated rings. The Morgan fingerprint density at radius 1 is 1.15 bits per heavy atom. The Hall–Kier alpha value is -2.17. The van der Waals surface area contributed by atoms with Crippen LogP contribution in [0.1, 0.15) is 56.8 Å². The maximum atomic E-state index is 12.7. The van der Waals surface area contributed by atoms with Gasteiger partial charge in [-0.1, -0.05) is 26.8 Å². The van der Waals surface area contributed by atoms with Crippen LogP contribution in [0.25, 0.3) is 0 Å². The molecule has 5 nitrogen and oxygen atoms in total. The molecular weight excluding hydrogens is 330 g/mol. The van der Waals surface area contributed by atoms with Crippen LogP contribution in [0.3, 0.4) is 0 Å². The van der Waals surface area contributed by atoms with Gasteiger partial charge in [-0.25, -0.2) is 4.79 Å². The summed E-state index contributed by atoms with van der Waals surface area (Å²) in [5.74, 6) is 0.760. The molecule has 0 N–H and O–H groups in total. The lowest BCUT2D eigenvalue weighted by Gasteiger charge is -2.61. The molecule has 4 atom stereocenters. The summed E-state index contributed by atoms with van der Waals surface area (Å²) in [6, 6.07) is 6.63. The Morgan fingerprint density at radius 2 is 1.85 bits per heavy atom. The van der Waals surface area contributed by atoms with Crippen LogP contribution in [0, 0.1) is 23.2 Å². The van der Waals surface area contributed by atoms with Crippen molar-refractivity contribution in [2.45, 2.75) is 52.6 Å². The number of anilines is 1. The van der Waals surface area contributed by atoms with Crippen molar-refractivity contribution in [2.24, 2.45) is 23.2 Å². The van der Waals surface area contributed by atoms with Gasteiger partial charge in [-0.2, -0.15) is 0 Å². The van der Waals surface area contributed by atoms with Crippen molar-refractivity contribution in [3.63, 3.8) is 0 Å². The van der Waals surface area contributed by atoms with Crippen molar-refractivity contribution in [1.29, 1.82) is 0 Å². The Balaban J connectivity index is 1.49. The first-order chi connectivity index (χ1) is 12.3. The van der Waals surface area contributed by atoms with E-state index in [1.807, 2.05) is 0 Å². The first-order valence-electron chi connectivity index (χ1n) is 9.46. The summed E-state index contributed by atoms with van der Waals surface area (Å²) in [7, 11) is 0. The molecule has 138 valence electrons. The number of rotatable bonds is 3. The number of esters is 1. The molecule has 5 rings (SSSR count). The summed E-state index contributed by atoms with van der Waals surface area (Å²) in [5.41, 5.74) is 1.19. The smallest absolute Gasteiger partial charge is 0.338 e. The van der Waals surface area contributed by atoms with Crippen molar-refractivity contribution in [3.8, 4) is 0 Å². The van der Waals surface area contributed by atoms with Gasteiger partial charge in [-0.3, -0.25) is 14.5 Å². The van der Waals surface area contributed by atoms with Crippen molar-refractivity contribution < 1.29 is 19.1 Å². The van der Waals surface area contributed by atoms with Gasteiger partial charge in [0.25, 0.3) is 0 Å². The van der Waals surface area contributed by atoms with Crippen LogP contribution >= 0.6 is 0 Å². The van der Waals surface area contributed by atoms with E-state index in [0.717, 1.165) is 11.3 Å². The maximum absolute atomic E-state index is 12.7. The normalized spacial score (nSPS) is 32.3. The van der Waals surface area contributed by atoms with Gasteiger partial charge in [0.15, 0.2) is 0 Å². The van der Waals surface area contributed by atoms with E-state index >= 15 is 0 Å². The monoisotopic (exact) mass is 355 g/mol. The minimum absolute atomic E-state index is 0.0574. The van der Waals surface area contributed by atoms with Crippen LogP contribution in [-0.4, -0.2) is 23.9 Å². The molecule has 3 saturated carbocycles. The van der Waals surface area contributed by atoms with E-state index in [9.17, 15) is 14.4 Å². The second kappa shape index (κ2) is 5.93. The minimum atomic E-state index is -0.373. The maximum Gasteiger partial charge on any atom is 0.338 e. The number of nitrogens with zero attached hydrogens (tertiary/aromatic N) is 1. The third kappa shape index (κ3) is 2.56. The Kier molecular flexibility index (Phi) is 3.94.